The van der Waals surface area contributed by atoms with E-state index in [1.807, 2.05) is 0 Å². The summed E-state index contributed by atoms with van der Waals surface area (Å²) in [5, 5.41) is 0. The van der Waals surface area contributed by atoms with Gasteiger partial charge in [0.05, 0.1) is 0 Å². The molecule has 3 nitrogen and oxygen atoms in total. The van der Waals surface area contributed by atoms with Crippen LogP contribution >= 0.6 is 22.3 Å². The fourth-order valence-corrected chi connectivity index (χ4v) is 0. The molecular weight excluding hydrogens is 163 g/mol. The maximum Gasteiger partial charge on any atom is 0.353 e. The van der Waals surface area contributed by atoms with Crippen LogP contribution < -0.4 is 0 Å². The summed E-state index contributed by atoms with van der Waals surface area (Å²) >= 11 is 4.64. The van der Waals surface area contributed by atoms with Gasteiger partial charge in [0.25, 0.3) is 0 Å². The van der Waals surface area contributed by atoms with Gasteiger partial charge < -0.3 is 0 Å². The van der Waals surface area contributed by atoms with Gasteiger partial charge in [-0.3, -0.25) is 4.55 Å². The average Bonchev–Trinajstić information content (AvgIpc) is 1.36. The van der Waals surface area contributed by atoms with E-state index in [1.54, 1.807) is 0 Å². The predicted octanol–water partition coefficient (Wildman–Crippen LogP) is 0.883. The van der Waals surface area contributed by atoms with Gasteiger partial charge in [-0.2, -0.15) is 8.42 Å². The van der Waals surface area contributed by atoms with E-state index in [4.69, 9.17) is 13.0 Å². The van der Waals surface area contributed by atoms with Crippen molar-refractivity contribution in [3.8, 4) is 0 Å². The van der Waals surface area contributed by atoms with Crippen LogP contribution in [0.25, 0.3) is 0 Å². The van der Waals surface area contributed by atoms with Crippen LogP contribution in [0.5, 0.6) is 0 Å². The van der Waals surface area contributed by atoms with E-state index in [0.717, 1.165) is 0 Å². The van der Waals surface area contributed by atoms with Crippen molar-refractivity contribution in [2.45, 2.75) is 0 Å². The van der Waals surface area contributed by atoms with Crippen molar-refractivity contribution in [1.29, 1.82) is 0 Å². The quantitative estimate of drug-likeness (QED) is 0.331. The SMILES string of the molecule is CCl.O=S(=O)(O)Cl. The first-order chi connectivity index (χ1) is 3.00. The molecule has 0 bridgehead atoms. The lowest BCUT2D eigenvalue weighted by Crippen LogP contribution is -1.77. The van der Waals surface area contributed by atoms with E-state index >= 15 is 0 Å². The van der Waals surface area contributed by atoms with E-state index in [0.29, 0.717) is 0 Å². The third-order valence-electron chi connectivity index (χ3n) is 0. The van der Waals surface area contributed by atoms with Crippen LogP contribution in [-0.4, -0.2) is 19.4 Å². The van der Waals surface area contributed by atoms with Crippen LogP contribution in [0, 0.1) is 0 Å². The number of rotatable bonds is 0. The maximum atomic E-state index is 8.95. The van der Waals surface area contributed by atoms with Crippen molar-refractivity contribution in [3.63, 3.8) is 0 Å². The van der Waals surface area contributed by atoms with E-state index in [9.17, 15) is 0 Å². The van der Waals surface area contributed by atoms with Crippen molar-refractivity contribution >= 4 is 31.6 Å². The zero-order valence-corrected chi connectivity index (χ0v) is 5.76. The fourth-order valence-electron chi connectivity index (χ4n) is 0. The van der Waals surface area contributed by atoms with Crippen molar-refractivity contribution in [2.24, 2.45) is 0 Å². The highest BCUT2D eigenvalue weighted by atomic mass is 35.7. The average molecular weight is 167 g/mol. The van der Waals surface area contributed by atoms with E-state index in [-0.39, 0.29) is 0 Å². The van der Waals surface area contributed by atoms with Crippen LogP contribution in [0.4, 0.5) is 0 Å². The van der Waals surface area contributed by atoms with E-state index in [1.165, 1.54) is 6.38 Å². The zero-order chi connectivity index (χ0) is 6.50. The molecule has 1 N–H and O–H groups in total. The lowest BCUT2D eigenvalue weighted by atomic mass is 12.0. The number of alkyl halides is 1. The molecule has 0 fully saturated rings. The molecule has 6 heteroatoms. The molecule has 0 saturated heterocycles. The van der Waals surface area contributed by atoms with Crippen molar-refractivity contribution in [1.82, 2.24) is 0 Å². The molecule has 0 amide bonds. The molecule has 0 aromatic heterocycles. The Morgan fingerprint density at radius 3 is 1.43 bits per heavy atom. The Morgan fingerprint density at radius 1 is 1.43 bits per heavy atom. The lowest BCUT2D eigenvalue weighted by molar-refractivity contribution is 0.501. The summed E-state index contributed by atoms with van der Waals surface area (Å²) < 4.78 is 25.2. The van der Waals surface area contributed by atoms with Crippen molar-refractivity contribution in [3.05, 3.63) is 0 Å². The molecule has 0 rings (SSSR count). The second-order valence-electron chi connectivity index (χ2n) is 0.412. The Bertz CT molecular complexity index is 96.1. The summed E-state index contributed by atoms with van der Waals surface area (Å²) in [6.07, 6.45) is 1.47. The molecule has 0 unspecified atom stereocenters. The highest BCUT2D eigenvalue weighted by molar-refractivity contribution is 8.09. The molecule has 0 aromatic rings. The van der Waals surface area contributed by atoms with Crippen LogP contribution in [0.2, 0.25) is 0 Å². The number of halogens is 2. The molecule has 0 saturated carbocycles. The maximum absolute atomic E-state index is 8.95. The summed E-state index contributed by atoms with van der Waals surface area (Å²) in [4.78, 5) is 0. The number of hydrogen-bond donors (Lipinski definition) is 1. The minimum absolute atomic E-state index is 1.47. The van der Waals surface area contributed by atoms with Crippen LogP contribution in [0.1, 0.15) is 0 Å². The molecule has 0 spiro atoms. The highest BCUT2D eigenvalue weighted by Gasteiger charge is 1.86. The van der Waals surface area contributed by atoms with Crippen molar-refractivity contribution < 1.29 is 13.0 Å². The molecule has 0 aliphatic carbocycles. The van der Waals surface area contributed by atoms with Gasteiger partial charge in [-0.05, 0) is 0 Å². The Balaban J connectivity index is 0. The fraction of sp³-hybridized carbons (Fsp3) is 1.00. The summed E-state index contributed by atoms with van der Waals surface area (Å²) in [5.41, 5.74) is 0. The van der Waals surface area contributed by atoms with Crippen molar-refractivity contribution in [2.75, 3.05) is 6.38 Å². The first-order valence-corrected chi connectivity index (χ1v) is 4.07. The van der Waals surface area contributed by atoms with Crippen LogP contribution in [-0.2, 0) is 9.33 Å². The highest BCUT2D eigenvalue weighted by Crippen LogP contribution is 1.82. The largest absolute Gasteiger partial charge is 0.353 e. The van der Waals surface area contributed by atoms with Gasteiger partial charge in [-0.25, -0.2) is 0 Å². The normalized spacial score (nSPS) is 9.14. The first-order valence-electron chi connectivity index (χ1n) is 1.05. The van der Waals surface area contributed by atoms with Crippen LogP contribution in [0.3, 0.4) is 0 Å². The molecule has 0 aliphatic heterocycles. The molecule has 0 atom stereocenters. The zero-order valence-electron chi connectivity index (χ0n) is 3.43. The lowest BCUT2D eigenvalue weighted by Gasteiger charge is -1.65. The smallest absolute Gasteiger partial charge is 0.273 e. The molecule has 7 heavy (non-hydrogen) atoms. The second-order valence-corrected chi connectivity index (χ2v) is 2.41. The van der Waals surface area contributed by atoms with E-state index in [2.05, 4.69) is 22.3 Å². The van der Waals surface area contributed by atoms with Gasteiger partial charge in [-0.1, -0.05) is 0 Å². The predicted molar refractivity (Wildman–Crippen MR) is 29.2 cm³/mol. The van der Waals surface area contributed by atoms with Gasteiger partial charge in [0.2, 0.25) is 0 Å². The minimum Gasteiger partial charge on any atom is -0.273 e. The monoisotopic (exact) mass is 166 g/mol. The minimum atomic E-state index is -4.19. The summed E-state index contributed by atoms with van der Waals surface area (Å²) in [5.74, 6) is 0. The Morgan fingerprint density at radius 2 is 1.43 bits per heavy atom. The second kappa shape index (κ2) is 4.64. The molecule has 46 valence electrons. The molecule has 0 aliphatic rings. The van der Waals surface area contributed by atoms with E-state index < -0.39 is 9.33 Å². The number of hydrogen-bond acceptors (Lipinski definition) is 2. The molecular formula is CH4Cl2O3S. The Labute approximate surface area is 51.5 Å². The Kier molecular flexibility index (Phi) is 6.94. The summed E-state index contributed by atoms with van der Waals surface area (Å²) in [6.45, 7) is 0. The standard InChI is InChI=1S/CH3Cl.ClHO3S/c1-2;1-5(2,3)4/h1H3;(H,2,3,4). The summed E-state index contributed by atoms with van der Waals surface area (Å²) in [6, 6.07) is 0. The van der Waals surface area contributed by atoms with Gasteiger partial charge >= 0.3 is 9.33 Å². The Hall–Kier alpha value is 0.490. The summed E-state index contributed by atoms with van der Waals surface area (Å²) in [7, 11) is -0.137. The molecule has 0 radical (unpaired) electrons. The molecule has 0 heterocycles. The van der Waals surface area contributed by atoms with Gasteiger partial charge in [-0.15, -0.1) is 11.6 Å². The third-order valence-corrected chi connectivity index (χ3v) is 0. The van der Waals surface area contributed by atoms with Crippen LogP contribution in [0.15, 0.2) is 0 Å². The third kappa shape index (κ3) is 545. The first kappa shape index (κ1) is 10.5. The van der Waals surface area contributed by atoms with Gasteiger partial charge in [0, 0.05) is 17.1 Å². The molecule has 0 aromatic carbocycles. The van der Waals surface area contributed by atoms with Gasteiger partial charge in [0.15, 0.2) is 0 Å². The van der Waals surface area contributed by atoms with Gasteiger partial charge in [0.1, 0.15) is 0 Å². The topological polar surface area (TPSA) is 54.4 Å².